The lowest BCUT2D eigenvalue weighted by atomic mass is 10.0. The third-order valence-electron chi connectivity index (χ3n) is 8.13. The maximum absolute atomic E-state index is 5.17. The van der Waals surface area contributed by atoms with E-state index in [-0.39, 0.29) is 0 Å². The van der Waals surface area contributed by atoms with Crippen molar-refractivity contribution in [2.45, 2.75) is 0 Å². The molecular formula is C36H22N4. The largest absolute Gasteiger partial charge is 0.309 e. The summed E-state index contributed by atoms with van der Waals surface area (Å²) in [6.07, 6.45) is 1.82. The van der Waals surface area contributed by atoms with Crippen LogP contribution in [0.4, 0.5) is 0 Å². The van der Waals surface area contributed by atoms with Crippen LogP contribution in [0.15, 0.2) is 134 Å². The third-order valence-corrected chi connectivity index (χ3v) is 8.13. The van der Waals surface area contributed by atoms with Crippen molar-refractivity contribution in [3.8, 4) is 17.2 Å². The van der Waals surface area contributed by atoms with Gasteiger partial charge in [0.1, 0.15) is 5.82 Å². The Morgan fingerprint density at radius 3 is 2.05 bits per heavy atom. The summed E-state index contributed by atoms with van der Waals surface area (Å²) < 4.78 is 4.76. The molecule has 0 bridgehead atoms. The van der Waals surface area contributed by atoms with Crippen LogP contribution in [0.1, 0.15) is 0 Å². The first-order valence-corrected chi connectivity index (χ1v) is 13.5. The molecule has 0 aliphatic carbocycles. The molecule has 0 saturated carbocycles. The number of benzene rings is 4. The van der Waals surface area contributed by atoms with E-state index in [9.17, 15) is 0 Å². The second-order valence-electron chi connectivity index (χ2n) is 10.3. The van der Waals surface area contributed by atoms with Gasteiger partial charge in [-0.2, -0.15) is 0 Å². The van der Waals surface area contributed by atoms with Crippen LogP contribution in [0.2, 0.25) is 0 Å². The van der Waals surface area contributed by atoms with Crippen molar-refractivity contribution in [3.63, 3.8) is 0 Å². The van der Waals surface area contributed by atoms with Crippen molar-refractivity contribution < 1.29 is 0 Å². The minimum absolute atomic E-state index is 0.855. The topological polar surface area (TPSA) is 35.1 Å². The Labute approximate surface area is 229 Å². The van der Waals surface area contributed by atoms with E-state index in [4.69, 9.17) is 4.98 Å². The Balaban J connectivity index is 1.52. The van der Waals surface area contributed by atoms with Gasteiger partial charge in [-0.3, -0.25) is 9.55 Å². The summed E-state index contributed by atoms with van der Waals surface area (Å²) in [5, 5.41) is 7.38. The van der Waals surface area contributed by atoms with Gasteiger partial charge >= 0.3 is 0 Å². The van der Waals surface area contributed by atoms with Crippen LogP contribution in [0.5, 0.6) is 0 Å². The molecule has 5 aromatic heterocycles. The first-order chi connectivity index (χ1) is 19.9. The molecule has 4 nitrogen and oxygen atoms in total. The number of hydrogen-bond donors (Lipinski definition) is 0. The number of para-hydroxylation sites is 2. The van der Waals surface area contributed by atoms with Gasteiger partial charge in [-0.15, -0.1) is 0 Å². The number of nitrogens with zero attached hydrogens (tertiary/aromatic N) is 4. The zero-order chi connectivity index (χ0) is 26.2. The molecule has 0 saturated heterocycles. The second-order valence-corrected chi connectivity index (χ2v) is 10.3. The monoisotopic (exact) mass is 510 g/mol. The van der Waals surface area contributed by atoms with Gasteiger partial charge in [-0.1, -0.05) is 78.9 Å². The highest BCUT2D eigenvalue weighted by Gasteiger charge is 2.20. The number of pyridine rings is 3. The Hall–Kier alpha value is -5.48. The molecule has 0 unspecified atom stereocenters. The van der Waals surface area contributed by atoms with Crippen LogP contribution in [0, 0.1) is 0 Å². The molecule has 40 heavy (non-hydrogen) atoms. The Kier molecular flexibility index (Phi) is 4.30. The SMILES string of the molecule is c1ccc(-c2cccc(-n3c4ccccc4c4ccc5c(c6ccccc6c6cc7ccccc7n65)c43)n2)nc1. The zero-order valence-corrected chi connectivity index (χ0v) is 21.5. The quantitative estimate of drug-likeness (QED) is 0.218. The predicted octanol–water partition coefficient (Wildman–Crippen LogP) is 8.95. The molecule has 9 rings (SSSR count). The summed E-state index contributed by atoms with van der Waals surface area (Å²) in [6, 6.07) is 45.1. The van der Waals surface area contributed by atoms with Gasteiger partial charge in [-0.05, 0) is 53.9 Å². The van der Waals surface area contributed by atoms with Gasteiger partial charge in [0, 0.05) is 33.1 Å². The smallest absolute Gasteiger partial charge is 0.138 e. The van der Waals surface area contributed by atoms with Gasteiger partial charge in [-0.25, -0.2) is 4.98 Å². The summed E-state index contributed by atoms with van der Waals surface area (Å²) in [5.74, 6) is 0.878. The number of aromatic nitrogens is 4. The average molecular weight is 511 g/mol. The van der Waals surface area contributed by atoms with E-state index in [0.29, 0.717) is 0 Å². The summed E-state index contributed by atoms with van der Waals surface area (Å²) in [4.78, 5) is 9.74. The van der Waals surface area contributed by atoms with Gasteiger partial charge in [0.2, 0.25) is 0 Å². The molecular weight excluding hydrogens is 488 g/mol. The van der Waals surface area contributed by atoms with E-state index in [0.717, 1.165) is 22.7 Å². The van der Waals surface area contributed by atoms with E-state index >= 15 is 0 Å². The van der Waals surface area contributed by atoms with E-state index in [1.165, 1.54) is 54.4 Å². The van der Waals surface area contributed by atoms with Crippen molar-refractivity contribution in [2.75, 3.05) is 0 Å². The highest BCUT2D eigenvalue weighted by atomic mass is 15.1. The summed E-state index contributed by atoms with van der Waals surface area (Å²) in [5.41, 5.74) is 7.64. The van der Waals surface area contributed by atoms with E-state index < -0.39 is 0 Å². The number of rotatable bonds is 2. The standard InChI is InChI=1S/C36H22N4/c1-5-16-30-23(10-1)22-33-24-11-2-3-13-26(24)35-32(39(30)33)20-19-27-25-12-4-6-17-31(25)40(36(27)35)34-18-9-15-29(38-34)28-14-7-8-21-37-28/h1-22H. The lowest BCUT2D eigenvalue weighted by molar-refractivity contribution is 1.08. The van der Waals surface area contributed by atoms with Crippen LogP contribution in [-0.2, 0) is 0 Å². The fourth-order valence-electron chi connectivity index (χ4n) is 6.48. The molecule has 0 aliphatic rings. The lowest BCUT2D eigenvalue weighted by Crippen LogP contribution is -2.00. The van der Waals surface area contributed by atoms with Crippen LogP contribution in [-0.4, -0.2) is 18.9 Å². The maximum Gasteiger partial charge on any atom is 0.138 e. The maximum atomic E-state index is 5.17. The predicted molar refractivity (Wildman–Crippen MR) is 165 cm³/mol. The van der Waals surface area contributed by atoms with Crippen LogP contribution in [0.25, 0.3) is 77.1 Å². The first kappa shape index (κ1) is 21.5. The molecule has 4 heteroatoms. The highest BCUT2D eigenvalue weighted by molar-refractivity contribution is 6.27. The van der Waals surface area contributed by atoms with Gasteiger partial charge in [0.15, 0.2) is 0 Å². The van der Waals surface area contributed by atoms with Gasteiger partial charge in [0.05, 0.1) is 39.0 Å². The Morgan fingerprint density at radius 2 is 1.20 bits per heavy atom. The van der Waals surface area contributed by atoms with E-state index in [1.807, 2.05) is 30.5 Å². The summed E-state index contributed by atoms with van der Waals surface area (Å²) in [7, 11) is 0. The molecule has 5 heterocycles. The van der Waals surface area contributed by atoms with Crippen molar-refractivity contribution in [2.24, 2.45) is 0 Å². The van der Waals surface area contributed by atoms with Crippen molar-refractivity contribution in [3.05, 3.63) is 134 Å². The van der Waals surface area contributed by atoms with Crippen LogP contribution >= 0.6 is 0 Å². The zero-order valence-electron chi connectivity index (χ0n) is 21.5. The number of fused-ring (bicyclic) bond motifs is 12. The molecule has 0 amide bonds. The van der Waals surface area contributed by atoms with Crippen molar-refractivity contribution in [1.82, 2.24) is 18.9 Å². The summed E-state index contributed by atoms with van der Waals surface area (Å²) >= 11 is 0. The van der Waals surface area contributed by atoms with E-state index in [1.54, 1.807) is 0 Å². The first-order valence-electron chi connectivity index (χ1n) is 13.5. The molecule has 9 aromatic rings. The normalized spacial score (nSPS) is 12.0. The van der Waals surface area contributed by atoms with Crippen LogP contribution in [0.3, 0.4) is 0 Å². The molecule has 4 aromatic carbocycles. The minimum Gasteiger partial charge on any atom is -0.309 e. The van der Waals surface area contributed by atoms with Gasteiger partial charge in [0.25, 0.3) is 0 Å². The van der Waals surface area contributed by atoms with E-state index in [2.05, 4.69) is 117 Å². The summed E-state index contributed by atoms with van der Waals surface area (Å²) in [6.45, 7) is 0. The fraction of sp³-hybridized carbons (Fsp3) is 0. The molecule has 0 fully saturated rings. The molecule has 0 atom stereocenters. The molecule has 0 N–H and O–H groups in total. The van der Waals surface area contributed by atoms with Crippen LogP contribution < -0.4 is 0 Å². The van der Waals surface area contributed by atoms with Crippen molar-refractivity contribution >= 4 is 59.9 Å². The minimum atomic E-state index is 0.855. The lowest BCUT2D eigenvalue weighted by Gasteiger charge is -2.14. The highest BCUT2D eigenvalue weighted by Crippen LogP contribution is 2.41. The molecule has 0 spiro atoms. The fourth-order valence-corrected chi connectivity index (χ4v) is 6.48. The molecule has 0 radical (unpaired) electrons. The average Bonchev–Trinajstić information content (AvgIpc) is 3.58. The van der Waals surface area contributed by atoms with Crippen molar-refractivity contribution in [1.29, 1.82) is 0 Å². The molecule has 186 valence electrons. The second kappa shape index (κ2) is 8.01. The molecule has 0 aliphatic heterocycles. The Bertz CT molecular complexity index is 2430. The Morgan fingerprint density at radius 1 is 0.475 bits per heavy atom. The third kappa shape index (κ3) is 2.85. The number of hydrogen-bond acceptors (Lipinski definition) is 2. The van der Waals surface area contributed by atoms with Gasteiger partial charge < -0.3 is 4.40 Å².